The molecule has 0 saturated heterocycles. The van der Waals surface area contributed by atoms with Gasteiger partial charge in [0, 0.05) is 0 Å². The van der Waals surface area contributed by atoms with Crippen molar-refractivity contribution in [3.63, 3.8) is 0 Å². The minimum absolute atomic E-state index is 0. The van der Waals surface area contributed by atoms with Crippen LogP contribution in [-0.4, -0.2) is 19.1 Å². The first-order chi connectivity index (χ1) is 7.61. The molecule has 5 heteroatoms. The molecule has 0 aliphatic heterocycles. The molecule has 0 unspecified atom stereocenters. The first-order valence-corrected chi connectivity index (χ1v) is 5.38. The van der Waals surface area contributed by atoms with Gasteiger partial charge in [0.1, 0.15) is 12.4 Å². The molecule has 0 saturated carbocycles. The number of halogens is 1. The van der Waals surface area contributed by atoms with Crippen LogP contribution in [0.15, 0.2) is 29.3 Å². The van der Waals surface area contributed by atoms with E-state index in [1.165, 1.54) is 5.56 Å². The zero-order valence-corrected chi connectivity index (χ0v) is 12.5. The monoisotopic (exact) mass is 349 g/mol. The van der Waals surface area contributed by atoms with Crippen LogP contribution < -0.4 is 16.2 Å². The van der Waals surface area contributed by atoms with Gasteiger partial charge < -0.3 is 16.2 Å². The molecule has 0 bridgehead atoms. The van der Waals surface area contributed by atoms with Gasteiger partial charge in [0.25, 0.3) is 0 Å². The molecule has 4 N–H and O–H groups in total. The number of benzene rings is 1. The number of guanidine groups is 1. The van der Waals surface area contributed by atoms with Crippen LogP contribution in [0.25, 0.3) is 0 Å². The lowest BCUT2D eigenvalue weighted by atomic mass is 10.0. The largest absolute Gasteiger partial charge is 0.491 e. The van der Waals surface area contributed by atoms with Crippen LogP contribution >= 0.6 is 24.0 Å². The van der Waals surface area contributed by atoms with Gasteiger partial charge in [0.15, 0.2) is 5.96 Å². The number of rotatable bonds is 5. The van der Waals surface area contributed by atoms with E-state index < -0.39 is 0 Å². The molecule has 0 aromatic heterocycles. The van der Waals surface area contributed by atoms with Crippen molar-refractivity contribution in [1.82, 2.24) is 0 Å². The normalized spacial score (nSPS) is 9.59. The summed E-state index contributed by atoms with van der Waals surface area (Å²) in [5.74, 6) is 1.45. The average molecular weight is 349 g/mol. The molecule has 0 heterocycles. The van der Waals surface area contributed by atoms with Crippen LogP contribution in [0.4, 0.5) is 0 Å². The number of aliphatic imine (C=N–C) groups is 1. The molecule has 0 fully saturated rings. The van der Waals surface area contributed by atoms with Crippen LogP contribution in [0.2, 0.25) is 0 Å². The van der Waals surface area contributed by atoms with E-state index in [0.29, 0.717) is 19.1 Å². The van der Waals surface area contributed by atoms with E-state index in [1.54, 1.807) is 0 Å². The Morgan fingerprint density at radius 1 is 1.29 bits per heavy atom. The number of hydrogen-bond donors (Lipinski definition) is 2. The number of nitrogens with zero attached hydrogens (tertiary/aromatic N) is 1. The molecule has 1 rings (SSSR count). The third-order valence-electron chi connectivity index (χ3n) is 2.18. The van der Waals surface area contributed by atoms with Gasteiger partial charge in [0.05, 0.1) is 6.54 Å². The van der Waals surface area contributed by atoms with E-state index in [9.17, 15) is 0 Å². The maximum Gasteiger partial charge on any atom is 0.186 e. The standard InChI is InChI=1S/C12H19N3O.HI/c1-9(2)10-5-3-4-6-11(10)16-8-7-15-12(13)14;/h3-6,9H,7-8H2,1-2H3,(H4,13,14,15);1H. The summed E-state index contributed by atoms with van der Waals surface area (Å²) in [6.07, 6.45) is 0. The summed E-state index contributed by atoms with van der Waals surface area (Å²) in [5.41, 5.74) is 11.6. The highest BCUT2D eigenvalue weighted by molar-refractivity contribution is 14.0. The van der Waals surface area contributed by atoms with Gasteiger partial charge >= 0.3 is 0 Å². The van der Waals surface area contributed by atoms with Crippen LogP contribution in [0.1, 0.15) is 25.3 Å². The highest BCUT2D eigenvalue weighted by Gasteiger charge is 2.05. The molecule has 17 heavy (non-hydrogen) atoms. The molecule has 0 spiro atoms. The lowest BCUT2D eigenvalue weighted by Crippen LogP contribution is -2.23. The Bertz CT molecular complexity index is 363. The van der Waals surface area contributed by atoms with Gasteiger partial charge in [-0.15, -0.1) is 24.0 Å². The first-order valence-electron chi connectivity index (χ1n) is 5.38. The molecule has 1 aromatic carbocycles. The van der Waals surface area contributed by atoms with Crippen molar-refractivity contribution in [2.45, 2.75) is 19.8 Å². The fraction of sp³-hybridized carbons (Fsp3) is 0.417. The summed E-state index contributed by atoms with van der Waals surface area (Å²) in [5, 5.41) is 0. The van der Waals surface area contributed by atoms with Gasteiger partial charge in [0.2, 0.25) is 0 Å². The van der Waals surface area contributed by atoms with Gasteiger partial charge in [-0.2, -0.15) is 0 Å². The van der Waals surface area contributed by atoms with Crippen molar-refractivity contribution in [3.8, 4) is 5.75 Å². The second-order valence-electron chi connectivity index (χ2n) is 3.85. The van der Waals surface area contributed by atoms with E-state index in [1.807, 2.05) is 18.2 Å². The van der Waals surface area contributed by atoms with Crippen LogP contribution in [0.5, 0.6) is 5.75 Å². The van der Waals surface area contributed by atoms with Crippen molar-refractivity contribution >= 4 is 29.9 Å². The van der Waals surface area contributed by atoms with E-state index in [0.717, 1.165) is 5.75 Å². The maximum atomic E-state index is 5.63. The SMILES string of the molecule is CC(C)c1ccccc1OCCN=C(N)N.I. The lowest BCUT2D eigenvalue weighted by molar-refractivity contribution is 0.324. The molecule has 0 radical (unpaired) electrons. The van der Waals surface area contributed by atoms with Gasteiger partial charge in [-0.25, -0.2) is 0 Å². The molecule has 1 aromatic rings. The van der Waals surface area contributed by atoms with Crippen LogP contribution in [-0.2, 0) is 0 Å². The second kappa shape index (κ2) is 8.16. The predicted octanol–water partition coefficient (Wildman–Crippen LogP) is 2.08. The predicted molar refractivity (Wildman–Crippen MR) is 82.1 cm³/mol. The second-order valence-corrected chi connectivity index (χ2v) is 3.85. The van der Waals surface area contributed by atoms with Crippen LogP contribution in [0.3, 0.4) is 0 Å². The molecule has 4 nitrogen and oxygen atoms in total. The van der Waals surface area contributed by atoms with Crippen molar-refractivity contribution in [1.29, 1.82) is 0 Å². The van der Waals surface area contributed by atoms with E-state index in [2.05, 4.69) is 24.9 Å². The first kappa shape index (κ1) is 16.0. The Kier molecular flexibility index (Phi) is 7.69. The van der Waals surface area contributed by atoms with E-state index >= 15 is 0 Å². The number of nitrogens with two attached hydrogens (primary N) is 2. The summed E-state index contributed by atoms with van der Waals surface area (Å²) in [6, 6.07) is 8.01. The fourth-order valence-electron chi connectivity index (χ4n) is 1.42. The van der Waals surface area contributed by atoms with Gasteiger partial charge in [-0.3, -0.25) is 4.99 Å². The zero-order chi connectivity index (χ0) is 12.0. The third kappa shape index (κ3) is 5.76. The highest BCUT2D eigenvalue weighted by Crippen LogP contribution is 2.25. The smallest absolute Gasteiger partial charge is 0.186 e. The topological polar surface area (TPSA) is 73.6 Å². The molecule has 0 amide bonds. The number of para-hydroxylation sites is 1. The Hall–Kier alpha value is -0.980. The molecule has 0 aliphatic carbocycles. The third-order valence-corrected chi connectivity index (χ3v) is 2.18. The summed E-state index contributed by atoms with van der Waals surface area (Å²) in [7, 11) is 0. The van der Waals surface area contributed by atoms with Crippen molar-refractivity contribution < 1.29 is 4.74 Å². The molecule has 0 atom stereocenters. The van der Waals surface area contributed by atoms with Crippen molar-refractivity contribution in [2.24, 2.45) is 16.5 Å². The summed E-state index contributed by atoms with van der Waals surface area (Å²) in [4.78, 5) is 3.86. The molecular formula is C12H20IN3O. The number of hydrogen-bond acceptors (Lipinski definition) is 2. The molecule has 96 valence electrons. The lowest BCUT2D eigenvalue weighted by Gasteiger charge is -2.12. The van der Waals surface area contributed by atoms with Crippen LogP contribution in [0, 0.1) is 0 Å². The number of ether oxygens (including phenoxy) is 1. The molecular weight excluding hydrogens is 329 g/mol. The minimum atomic E-state index is 0. The maximum absolute atomic E-state index is 5.63. The summed E-state index contributed by atoms with van der Waals surface area (Å²) < 4.78 is 5.63. The fourth-order valence-corrected chi connectivity index (χ4v) is 1.42. The average Bonchev–Trinajstić information content (AvgIpc) is 2.24. The quantitative estimate of drug-likeness (QED) is 0.370. The van der Waals surface area contributed by atoms with E-state index in [-0.39, 0.29) is 29.9 Å². The Balaban J connectivity index is 0.00000256. The van der Waals surface area contributed by atoms with Crippen molar-refractivity contribution in [2.75, 3.05) is 13.2 Å². The van der Waals surface area contributed by atoms with Gasteiger partial charge in [-0.05, 0) is 17.5 Å². The Morgan fingerprint density at radius 3 is 2.53 bits per heavy atom. The minimum Gasteiger partial charge on any atom is -0.491 e. The van der Waals surface area contributed by atoms with Gasteiger partial charge in [-0.1, -0.05) is 32.0 Å². The Morgan fingerprint density at radius 2 is 1.94 bits per heavy atom. The zero-order valence-electron chi connectivity index (χ0n) is 10.2. The van der Waals surface area contributed by atoms with Crippen molar-refractivity contribution in [3.05, 3.63) is 29.8 Å². The highest BCUT2D eigenvalue weighted by atomic mass is 127. The van der Waals surface area contributed by atoms with E-state index in [4.69, 9.17) is 16.2 Å². The Labute approximate surface area is 119 Å². The molecule has 0 aliphatic rings. The summed E-state index contributed by atoms with van der Waals surface area (Å²) >= 11 is 0. The summed E-state index contributed by atoms with van der Waals surface area (Å²) in [6.45, 7) is 5.24.